The van der Waals surface area contributed by atoms with Crippen LogP contribution in [0.3, 0.4) is 0 Å². The number of benzene rings is 2. The average Bonchev–Trinajstić information content (AvgIpc) is 3.10. The van der Waals surface area contributed by atoms with Crippen molar-refractivity contribution in [2.24, 2.45) is 0 Å². The second-order valence-corrected chi connectivity index (χ2v) is 7.90. The highest BCUT2D eigenvalue weighted by Gasteiger charge is 2.22. The Morgan fingerprint density at radius 3 is 2.65 bits per heavy atom. The van der Waals surface area contributed by atoms with Crippen LogP contribution in [0.2, 0.25) is 10.0 Å². The van der Waals surface area contributed by atoms with E-state index in [1.807, 2.05) is 31.2 Å². The Labute approximate surface area is 189 Å². The molecule has 2 aromatic carbocycles. The molecule has 0 fully saturated rings. The minimum atomic E-state index is -0.403. The number of carbonyl (C=O) groups excluding carboxylic acids is 1. The van der Waals surface area contributed by atoms with E-state index in [9.17, 15) is 4.79 Å². The van der Waals surface area contributed by atoms with E-state index in [2.05, 4.69) is 20.6 Å². The molecule has 0 aliphatic rings. The standard InChI is InChI=1S/C22H19Cl2N5O2/c1-12-7-8-16(10-17(12)24)25-22(30)20-13(2)29-21(27-26-20)19(18(28-29)11-31-3)14-5-4-6-15(23)9-14/h4-10H,11H2,1-3H3,(H,25,30). The van der Waals surface area contributed by atoms with Gasteiger partial charge in [0.05, 0.1) is 23.6 Å². The number of ether oxygens (including phenoxy) is 1. The van der Waals surface area contributed by atoms with E-state index in [-0.39, 0.29) is 12.3 Å². The summed E-state index contributed by atoms with van der Waals surface area (Å²) in [5.74, 6) is -0.403. The Bertz CT molecular complexity index is 1300. The van der Waals surface area contributed by atoms with Gasteiger partial charge in [0.2, 0.25) is 0 Å². The molecule has 2 aromatic heterocycles. The summed E-state index contributed by atoms with van der Waals surface area (Å²) in [7, 11) is 1.59. The van der Waals surface area contributed by atoms with E-state index in [4.69, 9.17) is 27.9 Å². The first kappa shape index (κ1) is 21.2. The van der Waals surface area contributed by atoms with Gasteiger partial charge in [-0.05, 0) is 49.2 Å². The van der Waals surface area contributed by atoms with Crippen LogP contribution in [-0.4, -0.2) is 32.8 Å². The average molecular weight is 456 g/mol. The van der Waals surface area contributed by atoms with Gasteiger partial charge in [-0.1, -0.05) is 41.4 Å². The van der Waals surface area contributed by atoms with Gasteiger partial charge in [0, 0.05) is 22.8 Å². The summed E-state index contributed by atoms with van der Waals surface area (Å²) in [5.41, 5.74) is 4.99. The smallest absolute Gasteiger partial charge is 0.278 e. The molecule has 0 spiro atoms. The summed E-state index contributed by atoms with van der Waals surface area (Å²) in [5, 5.41) is 17.1. The zero-order valence-corrected chi connectivity index (χ0v) is 18.6. The maximum Gasteiger partial charge on any atom is 0.278 e. The molecule has 0 atom stereocenters. The molecule has 0 unspecified atom stereocenters. The SMILES string of the molecule is COCc1nn2c(C)c(C(=O)Nc3ccc(C)c(Cl)c3)nnc2c1-c1cccc(Cl)c1. The molecule has 2 heterocycles. The Morgan fingerprint density at radius 2 is 1.94 bits per heavy atom. The van der Waals surface area contributed by atoms with E-state index in [0.29, 0.717) is 32.8 Å². The van der Waals surface area contributed by atoms with E-state index >= 15 is 0 Å². The fourth-order valence-electron chi connectivity index (χ4n) is 3.30. The van der Waals surface area contributed by atoms with Crippen LogP contribution in [-0.2, 0) is 11.3 Å². The molecule has 4 aromatic rings. The normalized spacial score (nSPS) is 11.1. The predicted octanol–water partition coefficient (Wildman–Crippen LogP) is 5.11. The van der Waals surface area contributed by atoms with Crippen LogP contribution in [0, 0.1) is 13.8 Å². The molecule has 0 radical (unpaired) electrons. The van der Waals surface area contributed by atoms with Crippen LogP contribution in [0.1, 0.15) is 27.4 Å². The third-order valence-corrected chi connectivity index (χ3v) is 5.52. The topological polar surface area (TPSA) is 81.4 Å². The van der Waals surface area contributed by atoms with Crippen molar-refractivity contribution in [3.63, 3.8) is 0 Å². The number of aryl methyl sites for hydroxylation is 2. The molecule has 0 bridgehead atoms. The largest absolute Gasteiger partial charge is 0.378 e. The lowest BCUT2D eigenvalue weighted by Crippen LogP contribution is -2.18. The van der Waals surface area contributed by atoms with Gasteiger partial charge < -0.3 is 10.1 Å². The molecule has 0 saturated heterocycles. The monoisotopic (exact) mass is 455 g/mol. The molecule has 0 aliphatic heterocycles. The first-order valence-corrected chi connectivity index (χ1v) is 10.2. The lowest BCUT2D eigenvalue weighted by molar-refractivity contribution is 0.102. The van der Waals surface area contributed by atoms with Crippen LogP contribution in [0.15, 0.2) is 42.5 Å². The molecule has 0 saturated carbocycles. The number of halogens is 2. The van der Waals surface area contributed by atoms with Crippen molar-refractivity contribution in [1.29, 1.82) is 0 Å². The summed E-state index contributed by atoms with van der Waals surface area (Å²) in [6.45, 7) is 3.93. The highest BCUT2D eigenvalue weighted by Crippen LogP contribution is 2.30. The number of hydrogen-bond acceptors (Lipinski definition) is 5. The number of hydrogen-bond donors (Lipinski definition) is 1. The van der Waals surface area contributed by atoms with Crippen molar-refractivity contribution < 1.29 is 9.53 Å². The molecule has 1 amide bonds. The number of methoxy groups -OCH3 is 1. The molecule has 7 nitrogen and oxygen atoms in total. The Kier molecular flexibility index (Phi) is 5.91. The Hall–Kier alpha value is -3.00. The number of aromatic nitrogens is 4. The van der Waals surface area contributed by atoms with Gasteiger partial charge in [-0.2, -0.15) is 5.10 Å². The van der Waals surface area contributed by atoms with E-state index in [1.165, 1.54) is 0 Å². The third-order valence-electron chi connectivity index (χ3n) is 4.88. The van der Waals surface area contributed by atoms with Crippen molar-refractivity contribution in [2.45, 2.75) is 20.5 Å². The second-order valence-electron chi connectivity index (χ2n) is 7.05. The van der Waals surface area contributed by atoms with Crippen molar-refractivity contribution in [3.8, 4) is 11.1 Å². The highest BCUT2D eigenvalue weighted by molar-refractivity contribution is 6.31. The molecule has 0 aliphatic carbocycles. The van der Waals surface area contributed by atoms with Crippen molar-refractivity contribution in [3.05, 3.63) is 75.2 Å². The zero-order chi connectivity index (χ0) is 22.1. The van der Waals surface area contributed by atoms with Crippen molar-refractivity contribution >= 4 is 40.4 Å². The van der Waals surface area contributed by atoms with Gasteiger partial charge >= 0.3 is 0 Å². The van der Waals surface area contributed by atoms with Crippen LogP contribution in [0.25, 0.3) is 16.8 Å². The Balaban J connectivity index is 1.78. The second kappa shape index (κ2) is 8.63. The number of nitrogens with zero attached hydrogens (tertiary/aromatic N) is 4. The minimum Gasteiger partial charge on any atom is -0.378 e. The molecule has 1 N–H and O–H groups in total. The molecular formula is C22H19Cl2N5O2. The van der Waals surface area contributed by atoms with E-state index in [0.717, 1.165) is 16.7 Å². The van der Waals surface area contributed by atoms with Gasteiger partial charge in [-0.15, -0.1) is 10.2 Å². The maximum atomic E-state index is 12.9. The molecule has 158 valence electrons. The lowest BCUT2D eigenvalue weighted by Gasteiger charge is -2.09. The van der Waals surface area contributed by atoms with E-state index < -0.39 is 5.91 Å². The summed E-state index contributed by atoms with van der Waals surface area (Å²) in [6, 6.07) is 12.7. The number of carbonyl (C=O) groups is 1. The zero-order valence-electron chi connectivity index (χ0n) is 17.1. The molecule has 31 heavy (non-hydrogen) atoms. The number of fused-ring (bicyclic) bond motifs is 1. The van der Waals surface area contributed by atoms with Gasteiger partial charge in [0.1, 0.15) is 0 Å². The summed E-state index contributed by atoms with van der Waals surface area (Å²) in [6.07, 6.45) is 0. The molecule has 9 heteroatoms. The predicted molar refractivity (Wildman–Crippen MR) is 121 cm³/mol. The third kappa shape index (κ3) is 4.12. The van der Waals surface area contributed by atoms with Gasteiger partial charge in [0.25, 0.3) is 5.91 Å². The first-order chi connectivity index (χ1) is 14.9. The van der Waals surface area contributed by atoms with Crippen molar-refractivity contribution in [2.75, 3.05) is 12.4 Å². The minimum absolute atomic E-state index is 0.160. The molecular weight excluding hydrogens is 437 g/mol. The number of amides is 1. The number of rotatable bonds is 5. The highest BCUT2D eigenvalue weighted by atomic mass is 35.5. The van der Waals surface area contributed by atoms with Crippen LogP contribution in [0.4, 0.5) is 5.69 Å². The van der Waals surface area contributed by atoms with Gasteiger partial charge in [-0.25, -0.2) is 4.52 Å². The maximum absolute atomic E-state index is 12.9. The van der Waals surface area contributed by atoms with Gasteiger partial charge in [0.15, 0.2) is 11.3 Å². The van der Waals surface area contributed by atoms with E-state index in [1.54, 1.807) is 36.7 Å². The molecule has 4 rings (SSSR count). The quantitative estimate of drug-likeness (QED) is 0.451. The fourth-order valence-corrected chi connectivity index (χ4v) is 3.67. The summed E-state index contributed by atoms with van der Waals surface area (Å²) in [4.78, 5) is 12.9. The van der Waals surface area contributed by atoms with Crippen LogP contribution >= 0.6 is 23.2 Å². The lowest BCUT2D eigenvalue weighted by atomic mass is 10.1. The van der Waals surface area contributed by atoms with Crippen molar-refractivity contribution in [1.82, 2.24) is 19.8 Å². The van der Waals surface area contributed by atoms with Gasteiger partial charge in [-0.3, -0.25) is 4.79 Å². The first-order valence-electron chi connectivity index (χ1n) is 9.46. The number of nitrogens with one attached hydrogen (secondary N) is 1. The van der Waals surface area contributed by atoms with Crippen LogP contribution < -0.4 is 5.32 Å². The number of anilines is 1. The summed E-state index contributed by atoms with van der Waals surface area (Å²) < 4.78 is 6.92. The van der Waals surface area contributed by atoms with Crippen LogP contribution in [0.5, 0.6) is 0 Å². The fraction of sp³-hybridized carbons (Fsp3) is 0.182. The Morgan fingerprint density at radius 1 is 1.13 bits per heavy atom. The summed E-state index contributed by atoms with van der Waals surface area (Å²) >= 11 is 12.3.